The molecule has 2 amide bonds. The van der Waals surface area contributed by atoms with Gasteiger partial charge in [0.15, 0.2) is 0 Å². The van der Waals surface area contributed by atoms with Gasteiger partial charge < -0.3 is 20.5 Å². The fourth-order valence-electron chi connectivity index (χ4n) is 2.74. The molecule has 0 radical (unpaired) electrons. The molecule has 2 rings (SSSR count). The largest absolute Gasteiger partial charge is 0.391 e. The van der Waals surface area contributed by atoms with E-state index in [1.807, 2.05) is 24.3 Å². The van der Waals surface area contributed by atoms with Crippen LogP contribution in [0.1, 0.15) is 31.4 Å². The smallest absolute Gasteiger partial charge is 0.315 e. The molecule has 1 fully saturated rings. The van der Waals surface area contributed by atoms with Crippen molar-refractivity contribution in [3.63, 3.8) is 0 Å². The zero-order chi connectivity index (χ0) is 16.8. The van der Waals surface area contributed by atoms with Crippen LogP contribution in [-0.4, -0.2) is 37.5 Å². The lowest BCUT2D eigenvalue weighted by molar-refractivity contribution is 0.0598. The molecule has 5 nitrogen and oxygen atoms in total. The first-order chi connectivity index (χ1) is 11.0. The lowest BCUT2D eigenvalue weighted by Gasteiger charge is -2.20. The topological polar surface area (TPSA) is 70.6 Å². The first-order valence-corrected chi connectivity index (χ1v) is 8.36. The Morgan fingerprint density at radius 1 is 1.43 bits per heavy atom. The van der Waals surface area contributed by atoms with Crippen molar-refractivity contribution in [2.45, 2.75) is 31.9 Å². The number of hydrogen-bond donors (Lipinski definition) is 3. The molecule has 23 heavy (non-hydrogen) atoms. The number of benzene rings is 1. The van der Waals surface area contributed by atoms with E-state index in [9.17, 15) is 9.90 Å². The number of nitrogens with one attached hydrogen (secondary N) is 2. The molecular formula is C17H25ClN2O3. The van der Waals surface area contributed by atoms with Crippen molar-refractivity contribution in [2.75, 3.05) is 20.3 Å². The minimum Gasteiger partial charge on any atom is -0.391 e. The van der Waals surface area contributed by atoms with Gasteiger partial charge >= 0.3 is 6.03 Å². The van der Waals surface area contributed by atoms with Crippen LogP contribution in [0.25, 0.3) is 0 Å². The minimum absolute atomic E-state index is 0.00818. The minimum atomic E-state index is -0.559. The molecule has 1 aromatic carbocycles. The fraction of sp³-hybridized carbons (Fsp3) is 0.588. The number of methoxy groups -OCH3 is 1. The van der Waals surface area contributed by atoms with Gasteiger partial charge in [0.25, 0.3) is 0 Å². The van der Waals surface area contributed by atoms with Crippen molar-refractivity contribution in [3.05, 3.63) is 34.9 Å². The summed E-state index contributed by atoms with van der Waals surface area (Å²) >= 11 is 5.94. The highest BCUT2D eigenvalue weighted by Gasteiger charge is 2.40. The fourth-order valence-corrected chi connectivity index (χ4v) is 2.87. The number of amides is 2. The summed E-state index contributed by atoms with van der Waals surface area (Å²) in [5.74, 6) is 1.07. The van der Waals surface area contributed by atoms with Gasteiger partial charge in [-0.25, -0.2) is 4.79 Å². The zero-order valence-corrected chi connectivity index (χ0v) is 14.3. The lowest BCUT2D eigenvalue weighted by atomic mass is 10.0. The van der Waals surface area contributed by atoms with E-state index in [-0.39, 0.29) is 18.7 Å². The van der Waals surface area contributed by atoms with Crippen molar-refractivity contribution in [1.29, 1.82) is 0 Å². The van der Waals surface area contributed by atoms with Crippen molar-refractivity contribution >= 4 is 17.6 Å². The normalized spacial score (nSPS) is 22.3. The van der Waals surface area contributed by atoms with Crippen LogP contribution in [0.5, 0.6) is 0 Å². The number of rotatable bonds is 8. The summed E-state index contributed by atoms with van der Waals surface area (Å²) in [6.07, 6.45) is 1.02. The van der Waals surface area contributed by atoms with Crippen LogP contribution in [0.2, 0.25) is 5.02 Å². The number of hydrogen-bond acceptors (Lipinski definition) is 3. The molecular weight excluding hydrogens is 316 g/mol. The second-order valence-electron chi connectivity index (χ2n) is 6.20. The Balaban J connectivity index is 1.86. The average molecular weight is 341 g/mol. The van der Waals surface area contributed by atoms with Gasteiger partial charge in [-0.15, -0.1) is 0 Å². The van der Waals surface area contributed by atoms with Crippen molar-refractivity contribution < 1.29 is 14.6 Å². The van der Waals surface area contributed by atoms with Crippen LogP contribution >= 0.6 is 11.6 Å². The van der Waals surface area contributed by atoms with Crippen LogP contribution in [0, 0.1) is 11.8 Å². The Labute approximate surface area is 142 Å². The van der Waals surface area contributed by atoms with Gasteiger partial charge in [-0.3, -0.25) is 0 Å². The molecule has 1 saturated carbocycles. The van der Waals surface area contributed by atoms with E-state index in [0.717, 1.165) is 12.0 Å². The van der Waals surface area contributed by atoms with E-state index in [0.29, 0.717) is 29.8 Å². The van der Waals surface area contributed by atoms with Gasteiger partial charge in [-0.05, 0) is 42.4 Å². The third kappa shape index (κ3) is 5.68. The van der Waals surface area contributed by atoms with Crippen LogP contribution < -0.4 is 10.6 Å². The molecule has 0 aromatic heterocycles. The molecule has 1 aliphatic rings. The quantitative estimate of drug-likeness (QED) is 0.681. The van der Waals surface area contributed by atoms with Gasteiger partial charge in [0.2, 0.25) is 0 Å². The van der Waals surface area contributed by atoms with Gasteiger partial charge in [-0.1, -0.05) is 30.7 Å². The predicted molar refractivity (Wildman–Crippen MR) is 90.5 cm³/mol. The Hall–Kier alpha value is -1.30. The maximum atomic E-state index is 12.1. The molecule has 0 heterocycles. The first kappa shape index (κ1) is 18.0. The summed E-state index contributed by atoms with van der Waals surface area (Å²) in [6, 6.07) is 7.39. The lowest BCUT2D eigenvalue weighted by Crippen LogP contribution is -2.40. The SMILES string of the molecule is COCC(O)CCNC(=O)NC(c1ccc(Cl)cc1)C1CC1C. The van der Waals surface area contributed by atoms with Crippen LogP contribution in [0.15, 0.2) is 24.3 Å². The predicted octanol–water partition coefficient (Wildman–Crippen LogP) is 2.73. The average Bonchev–Trinajstić information content (AvgIpc) is 3.23. The highest BCUT2D eigenvalue weighted by atomic mass is 35.5. The third-order valence-electron chi connectivity index (χ3n) is 4.24. The van der Waals surface area contributed by atoms with Gasteiger partial charge in [0, 0.05) is 18.7 Å². The number of carbonyl (C=O) groups excluding carboxylic acids is 1. The molecule has 4 unspecified atom stereocenters. The summed E-state index contributed by atoms with van der Waals surface area (Å²) in [5.41, 5.74) is 1.07. The standard InChI is InChI=1S/C17H25ClN2O3/c1-11-9-15(11)16(12-3-5-13(18)6-4-12)20-17(22)19-8-7-14(21)10-23-2/h3-6,11,14-16,21H,7-10H2,1-2H3,(H2,19,20,22). The van der Waals surface area contributed by atoms with Crippen LogP contribution in [-0.2, 0) is 4.74 Å². The summed E-state index contributed by atoms with van der Waals surface area (Å²) < 4.78 is 4.86. The molecule has 1 aromatic rings. The summed E-state index contributed by atoms with van der Waals surface area (Å²) in [6.45, 7) is 2.87. The number of urea groups is 1. The van der Waals surface area contributed by atoms with E-state index < -0.39 is 6.10 Å². The monoisotopic (exact) mass is 340 g/mol. The number of ether oxygens (including phenoxy) is 1. The maximum absolute atomic E-state index is 12.1. The van der Waals surface area contributed by atoms with E-state index in [2.05, 4.69) is 17.6 Å². The highest BCUT2D eigenvalue weighted by molar-refractivity contribution is 6.30. The molecule has 1 aliphatic carbocycles. The molecule has 4 atom stereocenters. The Morgan fingerprint density at radius 2 is 2.09 bits per heavy atom. The molecule has 128 valence electrons. The first-order valence-electron chi connectivity index (χ1n) is 7.98. The molecule has 6 heteroatoms. The van der Waals surface area contributed by atoms with Crippen LogP contribution in [0.4, 0.5) is 4.79 Å². The Morgan fingerprint density at radius 3 is 2.65 bits per heavy atom. The maximum Gasteiger partial charge on any atom is 0.315 e. The van der Waals surface area contributed by atoms with E-state index in [4.69, 9.17) is 16.3 Å². The summed E-state index contributed by atoms with van der Waals surface area (Å²) in [5, 5.41) is 16.1. The van der Waals surface area contributed by atoms with Gasteiger partial charge in [-0.2, -0.15) is 0 Å². The molecule has 0 bridgehead atoms. The number of halogens is 1. The van der Waals surface area contributed by atoms with Crippen LogP contribution in [0.3, 0.4) is 0 Å². The van der Waals surface area contributed by atoms with E-state index in [1.54, 1.807) is 0 Å². The molecule has 0 aliphatic heterocycles. The molecule has 0 saturated heterocycles. The van der Waals surface area contributed by atoms with Crippen molar-refractivity contribution in [3.8, 4) is 0 Å². The second kappa shape index (κ2) is 8.52. The summed E-state index contributed by atoms with van der Waals surface area (Å²) in [4.78, 5) is 12.1. The van der Waals surface area contributed by atoms with Gasteiger partial charge in [0.1, 0.15) is 0 Å². The van der Waals surface area contributed by atoms with E-state index in [1.165, 1.54) is 7.11 Å². The van der Waals surface area contributed by atoms with Crippen molar-refractivity contribution in [1.82, 2.24) is 10.6 Å². The molecule has 0 spiro atoms. The van der Waals surface area contributed by atoms with Crippen molar-refractivity contribution in [2.24, 2.45) is 11.8 Å². The number of aliphatic hydroxyl groups excluding tert-OH is 1. The molecule has 3 N–H and O–H groups in total. The highest BCUT2D eigenvalue weighted by Crippen LogP contribution is 2.47. The Bertz CT molecular complexity index is 509. The summed E-state index contributed by atoms with van der Waals surface area (Å²) in [7, 11) is 1.54. The number of aliphatic hydroxyl groups is 1. The van der Waals surface area contributed by atoms with E-state index >= 15 is 0 Å². The number of carbonyl (C=O) groups is 1. The van der Waals surface area contributed by atoms with Gasteiger partial charge in [0.05, 0.1) is 18.8 Å². The second-order valence-corrected chi connectivity index (χ2v) is 6.64. The third-order valence-corrected chi connectivity index (χ3v) is 4.49. The zero-order valence-electron chi connectivity index (χ0n) is 13.6. The Kier molecular flexibility index (Phi) is 6.69.